The van der Waals surface area contributed by atoms with Crippen molar-refractivity contribution in [3.63, 3.8) is 0 Å². The van der Waals surface area contributed by atoms with E-state index in [0.717, 1.165) is 11.6 Å². The molecule has 6 heteroatoms. The van der Waals surface area contributed by atoms with Gasteiger partial charge >= 0.3 is 0 Å². The Bertz CT molecular complexity index is 826. The predicted molar refractivity (Wildman–Crippen MR) is 85.5 cm³/mol. The Labute approximate surface area is 135 Å². The Morgan fingerprint density at radius 1 is 1.22 bits per heavy atom. The first-order chi connectivity index (χ1) is 10.9. The first-order valence-corrected chi connectivity index (χ1v) is 8.61. The summed E-state index contributed by atoms with van der Waals surface area (Å²) in [6.07, 6.45) is 0. The van der Waals surface area contributed by atoms with Gasteiger partial charge < -0.3 is 0 Å². The Morgan fingerprint density at radius 2 is 1.87 bits per heavy atom. The molecule has 0 saturated carbocycles. The quantitative estimate of drug-likeness (QED) is 0.842. The van der Waals surface area contributed by atoms with Crippen molar-refractivity contribution in [3.05, 3.63) is 65.5 Å². The van der Waals surface area contributed by atoms with Crippen LogP contribution in [0.15, 0.2) is 53.4 Å². The SMILES string of the molecule is CCN([C@@H](C)c1ccc(C#N)cc1)S(=O)(=O)c1cccc(F)c1. The molecule has 0 heterocycles. The van der Waals surface area contributed by atoms with E-state index in [1.807, 2.05) is 6.07 Å². The minimum atomic E-state index is -3.81. The van der Waals surface area contributed by atoms with Crippen LogP contribution >= 0.6 is 0 Å². The molecule has 0 amide bonds. The third-order valence-corrected chi connectivity index (χ3v) is 5.71. The molecule has 0 aliphatic rings. The van der Waals surface area contributed by atoms with E-state index in [9.17, 15) is 12.8 Å². The zero-order valence-electron chi connectivity index (χ0n) is 12.9. The van der Waals surface area contributed by atoms with Gasteiger partial charge in [-0.1, -0.05) is 25.1 Å². The van der Waals surface area contributed by atoms with Crippen LogP contribution < -0.4 is 0 Å². The summed E-state index contributed by atoms with van der Waals surface area (Å²) in [6.45, 7) is 3.75. The number of nitriles is 1. The molecule has 4 nitrogen and oxygen atoms in total. The third kappa shape index (κ3) is 3.58. The molecule has 0 bridgehead atoms. The van der Waals surface area contributed by atoms with Gasteiger partial charge in [0.25, 0.3) is 0 Å². The summed E-state index contributed by atoms with van der Waals surface area (Å²) in [7, 11) is -3.81. The fourth-order valence-electron chi connectivity index (χ4n) is 2.42. The second-order valence-corrected chi connectivity index (χ2v) is 6.97. The molecule has 0 fully saturated rings. The van der Waals surface area contributed by atoms with Gasteiger partial charge in [0.2, 0.25) is 10.0 Å². The van der Waals surface area contributed by atoms with Crippen molar-refractivity contribution in [1.29, 1.82) is 5.26 Å². The first-order valence-electron chi connectivity index (χ1n) is 7.17. The van der Waals surface area contributed by atoms with Crippen molar-refractivity contribution in [2.45, 2.75) is 24.8 Å². The summed E-state index contributed by atoms with van der Waals surface area (Å²) in [6, 6.07) is 13.3. The highest BCUT2D eigenvalue weighted by Gasteiger charge is 2.28. The number of hydrogen-bond acceptors (Lipinski definition) is 3. The highest BCUT2D eigenvalue weighted by Crippen LogP contribution is 2.27. The average molecular weight is 332 g/mol. The van der Waals surface area contributed by atoms with Crippen LogP contribution in [0.3, 0.4) is 0 Å². The first kappa shape index (κ1) is 17.1. The van der Waals surface area contributed by atoms with E-state index in [2.05, 4.69) is 0 Å². The predicted octanol–water partition coefficient (Wildman–Crippen LogP) is 3.47. The van der Waals surface area contributed by atoms with Crippen LogP contribution in [0.1, 0.15) is 31.0 Å². The maximum Gasteiger partial charge on any atom is 0.243 e. The monoisotopic (exact) mass is 332 g/mol. The Kier molecular flexibility index (Phi) is 5.14. The highest BCUT2D eigenvalue weighted by molar-refractivity contribution is 7.89. The lowest BCUT2D eigenvalue weighted by atomic mass is 10.1. The smallest absolute Gasteiger partial charge is 0.207 e. The number of halogens is 1. The number of rotatable bonds is 5. The van der Waals surface area contributed by atoms with Crippen molar-refractivity contribution in [3.8, 4) is 6.07 Å². The fraction of sp³-hybridized carbons (Fsp3) is 0.235. The van der Waals surface area contributed by atoms with Crippen LogP contribution in [0.5, 0.6) is 0 Å². The molecule has 0 aromatic heterocycles. The summed E-state index contributed by atoms with van der Waals surface area (Å²) in [5.74, 6) is -0.590. The van der Waals surface area contributed by atoms with Gasteiger partial charge in [-0.3, -0.25) is 0 Å². The van der Waals surface area contributed by atoms with E-state index >= 15 is 0 Å². The average Bonchev–Trinajstić information content (AvgIpc) is 2.55. The Hall–Kier alpha value is -2.23. The third-order valence-electron chi connectivity index (χ3n) is 3.67. The molecule has 0 aliphatic heterocycles. The van der Waals surface area contributed by atoms with Crippen LogP contribution in [0.25, 0.3) is 0 Å². The second-order valence-electron chi connectivity index (χ2n) is 5.08. The van der Waals surface area contributed by atoms with E-state index in [-0.39, 0.29) is 11.4 Å². The topological polar surface area (TPSA) is 61.2 Å². The summed E-state index contributed by atoms with van der Waals surface area (Å²) in [5, 5.41) is 8.83. The van der Waals surface area contributed by atoms with Gasteiger partial charge in [0.15, 0.2) is 0 Å². The number of hydrogen-bond donors (Lipinski definition) is 0. The molecule has 0 spiro atoms. The van der Waals surface area contributed by atoms with Gasteiger partial charge in [-0.25, -0.2) is 12.8 Å². The molecular formula is C17H17FN2O2S. The van der Waals surface area contributed by atoms with E-state index in [1.165, 1.54) is 22.5 Å². The van der Waals surface area contributed by atoms with Crippen LogP contribution in [0.4, 0.5) is 4.39 Å². The summed E-state index contributed by atoms with van der Waals surface area (Å²) in [5.41, 5.74) is 1.28. The Balaban J connectivity index is 2.39. The van der Waals surface area contributed by atoms with Crippen molar-refractivity contribution >= 4 is 10.0 Å². The van der Waals surface area contributed by atoms with E-state index in [1.54, 1.807) is 38.1 Å². The van der Waals surface area contributed by atoms with Crippen molar-refractivity contribution < 1.29 is 12.8 Å². The zero-order valence-corrected chi connectivity index (χ0v) is 13.7. The number of sulfonamides is 1. The van der Waals surface area contributed by atoms with Gasteiger partial charge in [-0.15, -0.1) is 0 Å². The lowest BCUT2D eigenvalue weighted by Gasteiger charge is -2.27. The fourth-order valence-corrected chi connectivity index (χ4v) is 4.08. The van der Waals surface area contributed by atoms with Crippen molar-refractivity contribution in [2.24, 2.45) is 0 Å². The van der Waals surface area contributed by atoms with Crippen molar-refractivity contribution in [2.75, 3.05) is 6.54 Å². The summed E-state index contributed by atoms with van der Waals surface area (Å²) in [4.78, 5) is -0.0696. The number of nitrogens with zero attached hydrogens (tertiary/aromatic N) is 2. The van der Waals surface area contributed by atoms with Gasteiger partial charge in [0.05, 0.1) is 16.5 Å². The van der Waals surface area contributed by atoms with E-state index < -0.39 is 21.9 Å². The molecule has 1 atom stereocenters. The molecule has 2 rings (SSSR count). The standard InChI is InChI=1S/C17H17FN2O2S/c1-3-20(13(2)15-9-7-14(12-19)8-10-15)23(21,22)17-6-4-5-16(18)11-17/h4-11,13H,3H2,1-2H3/t13-/m0/s1. The molecule has 2 aromatic rings. The highest BCUT2D eigenvalue weighted by atomic mass is 32.2. The van der Waals surface area contributed by atoms with Crippen molar-refractivity contribution in [1.82, 2.24) is 4.31 Å². The molecule has 2 aromatic carbocycles. The lowest BCUT2D eigenvalue weighted by molar-refractivity contribution is 0.357. The maximum absolute atomic E-state index is 13.4. The lowest BCUT2D eigenvalue weighted by Crippen LogP contribution is -2.33. The van der Waals surface area contributed by atoms with Gasteiger partial charge in [-0.2, -0.15) is 9.57 Å². The van der Waals surface area contributed by atoms with Crippen LogP contribution in [0, 0.1) is 17.1 Å². The minimum absolute atomic E-state index is 0.0696. The molecule has 0 aliphatic carbocycles. The zero-order chi connectivity index (χ0) is 17.0. The van der Waals surface area contributed by atoms with Crippen LogP contribution in [0.2, 0.25) is 0 Å². The normalized spacial score (nSPS) is 12.8. The van der Waals surface area contributed by atoms with Gasteiger partial charge in [0, 0.05) is 12.6 Å². The second kappa shape index (κ2) is 6.90. The van der Waals surface area contributed by atoms with Gasteiger partial charge in [-0.05, 0) is 42.8 Å². The van der Waals surface area contributed by atoms with E-state index in [4.69, 9.17) is 5.26 Å². The molecule has 0 N–H and O–H groups in total. The molecule has 0 saturated heterocycles. The van der Waals surface area contributed by atoms with Crippen LogP contribution in [-0.4, -0.2) is 19.3 Å². The summed E-state index contributed by atoms with van der Waals surface area (Å²) < 4.78 is 40.2. The minimum Gasteiger partial charge on any atom is -0.207 e. The van der Waals surface area contributed by atoms with Crippen LogP contribution in [-0.2, 0) is 10.0 Å². The summed E-state index contributed by atoms with van der Waals surface area (Å²) >= 11 is 0. The molecule has 120 valence electrons. The molecule has 23 heavy (non-hydrogen) atoms. The molecule has 0 unspecified atom stereocenters. The van der Waals surface area contributed by atoms with Gasteiger partial charge in [0.1, 0.15) is 5.82 Å². The molecular weight excluding hydrogens is 315 g/mol. The van der Waals surface area contributed by atoms with E-state index in [0.29, 0.717) is 5.56 Å². The molecule has 0 radical (unpaired) electrons. The largest absolute Gasteiger partial charge is 0.243 e. The maximum atomic E-state index is 13.4. The number of benzene rings is 2. The Morgan fingerprint density at radius 3 is 2.39 bits per heavy atom.